The molecule has 126 valence electrons. The Hall–Kier alpha value is -3.16. The Morgan fingerprint density at radius 3 is 2.54 bits per heavy atom. The number of nitrogens with zero attached hydrogens (tertiary/aromatic N) is 1. The molecule has 0 aromatic heterocycles. The minimum Gasteiger partial charge on any atom is -0.493 e. The second-order valence-corrected chi connectivity index (χ2v) is 4.67. The van der Waals surface area contributed by atoms with Gasteiger partial charge < -0.3 is 14.2 Å². The molecular formula is C16H14FNO6. The molecule has 0 saturated carbocycles. The van der Waals surface area contributed by atoms with Crippen LogP contribution < -0.4 is 9.47 Å². The summed E-state index contributed by atoms with van der Waals surface area (Å²) in [6, 6.07) is 7.49. The first-order valence-electron chi connectivity index (χ1n) is 6.78. The van der Waals surface area contributed by atoms with Gasteiger partial charge in [0.2, 0.25) is 0 Å². The summed E-state index contributed by atoms with van der Waals surface area (Å²) in [7, 11) is 2.58. The maximum absolute atomic E-state index is 13.3. The molecule has 8 heteroatoms. The molecule has 7 nitrogen and oxygen atoms in total. The van der Waals surface area contributed by atoms with E-state index in [0.717, 1.165) is 6.07 Å². The maximum Gasteiger partial charge on any atom is 0.338 e. The Kier molecular flexibility index (Phi) is 5.31. The molecule has 0 aliphatic carbocycles. The van der Waals surface area contributed by atoms with Crippen molar-refractivity contribution in [3.63, 3.8) is 0 Å². The van der Waals surface area contributed by atoms with Gasteiger partial charge in [-0.15, -0.1) is 0 Å². The summed E-state index contributed by atoms with van der Waals surface area (Å²) >= 11 is 0. The highest BCUT2D eigenvalue weighted by Gasteiger charge is 2.16. The number of nitro benzene ring substituents is 1. The Bertz CT molecular complexity index is 777. The number of benzene rings is 2. The van der Waals surface area contributed by atoms with E-state index in [4.69, 9.17) is 9.47 Å². The number of methoxy groups -OCH3 is 2. The van der Waals surface area contributed by atoms with Crippen LogP contribution in [0.4, 0.5) is 10.1 Å². The molecule has 0 fully saturated rings. The fourth-order valence-corrected chi connectivity index (χ4v) is 2.02. The third kappa shape index (κ3) is 3.78. The van der Waals surface area contributed by atoms with Gasteiger partial charge in [0.25, 0.3) is 5.69 Å². The molecule has 0 saturated heterocycles. The number of nitro groups is 1. The van der Waals surface area contributed by atoms with E-state index in [-0.39, 0.29) is 23.6 Å². The van der Waals surface area contributed by atoms with Crippen molar-refractivity contribution in [2.24, 2.45) is 0 Å². The number of hydrogen-bond acceptors (Lipinski definition) is 6. The molecule has 2 aromatic rings. The second-order valence-electron chi connectivity index (χ2n) is 4.67. The molecule has 0 spiro atoms. The summed E-state index contributed by atoms with van der Waals surface area (Å²) in [4.78, 5) is 22.0. The van der Waals surface area contributed by atoms with Crippen LogP contribution in [0.25, 0.3) is 0 Å². The number of hydrogen-bond donors (Lipinski definition) is 0. The van der Waals surface area contributed by atoms with E-state index in [0.29, 0.717) is 11.3 Å². The van der Waals surface area contributed by atoms with Crippen molar-refractivity contribution in [2.75, 3.05) is 14.2 Å². The molecule has 0 N–H and O–H groups in total. The molecule has 0 aliphatic rings. The van der Waals surface area contributed by atoms with E-state index in [1.807, 2.05) is 0 Å². The van der Waals surface area contributed by atoms with Gasteiger partial charge in [-0.05, 0) is 18.2 Å². The molecule has 0 aliphatic heterocycles. The SMILES string of the molecule is COC(=O)c1cc(F)ccc1COc1cc([N+](=O)[O-])ccc1OC. The lowest BCUT2D eigenvalue weighted by Crippen LogP contribution is -2.09. The van der Waals surface area contributed by atoms with Crippen LogP contribution in [0.5, 0.6) is 11.5 Å². The predicted octanol–water partition coefficient (Wildman–Crippen LogP) is 3.11. The van der Waals surface area contributed by atoms with Gasteiger partial charge in [0.05, 0.1) is 30.8 Å². The van der Waals surface area contributed by atoms with Crippen LogP contribution in [0.3, 0.4) is 0 Å². The van der Waals surface area contributed by atoms with E-state index in [2.05, 4.69) is 4.74 Å². The molecule has 2 rings (SSSR count). The summed E-state index contributed by atoms with van der Waals surface area (Å²) in [5.74, 6) is -0.875. The quantitative estimate of drug-likeness (QED) is 0.458. The molecule has 0 amide bonds. The van der Waals surface area contributed by atoms with Crippen molar-refractivity contribution >= 4 is 11.7 Å². The smallest absolute Gasteiger partial charge is 0.338 e. The van der Waals surface area contributed by atoms with E-state index in [1.54, 1.807) is 0 Å². The van der Waals surface area contributed by atoms with E-state index < -0.39 is 16.7 Å². The van der Waals surface area contributed by atoms with Crippen molar-refractivity contribution in [3.05, 3.63) is 63.5 Å². The molecule has 0 radical (unpaired) electrons. The standard InChI is InChI=1S/C16H14FNO6/c1-22-14-6-5-12(18(20)21)8-15(14)24-9-10-3-4-11(17)7-13(10)16(19)23-2/h3-8H,9H2,1-2H3. The van der Waals surface area contributed by atoms with Crippen LogP contribution in [-0.2, 0) is 11.3 Å². The largest absolute Gasteiger partial charge is 0.493 e. The fraction of sp³-hybridized carbons (Fsp3) is 0.188. The number of non-ortho nitro benzene ring substituents is 1. The zero-order chi connectivity index (χ0) is 17.7. The van der Waals surface area contributed by atoms with Gasteiger partial charge in [0, 0.05) is 11.6 Å². The Morgan fingerprint density at radius 1 is 1.17 bits per heavy atom. The average Bonchev–Trinajstić information content (AvgIpc) is 2.59. The summed E-state index contributed by atoms with van der Waals surface area (Å²) in [6.07, 6.45) is 0. The highest BCUT2D eigenvalue weighted by Crippen LogP contribution is 2.32. The molecule has 0 bridgehead atoms. The summed E-state index contributed by atoms with van der Waals surface area (Å²) in [5, 5.41) is 10.9. The molecule has 0 heterocycles. The van der Waals surface area contributed by atoms with Crippen LogP contribution in [0.15, 0.2) is 36.4 Å². The first-order chi connectivity index (χ1) is 11.5. The predicted molar refractivity (Wildman–Crippen MR) is 81.7 cm³/mol. The van der Waals surface area contributed by atoms with Crippen molar-refractivity contribution < 1.29 is 28.3 Å². The molecule has 2 aromatic carbocycles. The van der Waals surface area contributed by atoms with Gasteiger partial charge in [-0.3, -0.25) is 10.1 Å². The van der Waals surface area contributed by atoms with Crippen molar-refractivity contribution in [3.8, 4) is 11.5 Å². The maximum atomic E-state index is 13.3. The van der Waals surface area contributed by atoms with Crippen LogP contribution in [0, 0.1) is 15.9 Å². The highest BCUT2D eigenvalue weighted by molar-refractivity contribution is 5.91. The highest BCUT2D eigenvalue weighted by atomic mass is 19.1. The molecule has 24 heavy (non-hydrogen) atoms. The van der Waals surface area contributed by atoms with Gasteiger partial charge in [-0.25, -0.2) is 9.18 Å². The number of esters is 1. The Labute approximate surface area is 136 Å². The lowest BCUT2D eigenvalue weighted by molar-refractivity contribution is -0.385. The first kappa shape index (κ1) is 17.2. The summed E-state index contributed by atoms with van der Waals surface area (Å²) in [6.45, 7) is -0.123. The third-order valence-electron chi connectivity index (χ3n) is 3.22. The number of ether oxygens (including phenoxy) is 3. The molecular weight excluding hydrogens is 321 g/mol. The summed E-state index contributed by atoms with van der Waals surface area (Å²) < 4.78 is 28.5. The fourth-order valence-electron chi connectivity index (χ4n) is 2.02. The van der Waals surface area contributed by atoms with Crippen LogP contribution in [0.1, 0.15) is 15.9 Å². The van der Waals surface area contributed by atoms with Crippen molar-refractivity contribution in [1.29, 1.82) is 0 Å². The van der Waals surface area contributed by atoms with E-state index in [1.165, 1.54) is 44.6 Å². The lowest BCUT2D eigenvalue weighted by Gasteiger charge is -2.12. The number of carbonyl (C=O) groups excluding carboxylic acids is 1. The zero-order valence-electron chi connectivity index (χ0n) is 12.9. The Morgan fingerprint density at radius 2 is 1.92 bits per heavy atom. The Balaban J connectivity index is 2.29. The monoisotopic (exact) mass is 335 g/mol. The second kappa shape index (κ2) is 7.40. The van der Waals surface area contributed by atoms with E-state index in [9.17, 15) is 19.3 Å². The van der Waals surface area contributed by atoms with Crippen molar-refractivity contribution in [1.82, 2.24) is 0 Å². The van der Waals surface area contributed by atoms with Gasteiger partial charge in [0.1, 0.15) is 12.4 Å². The number of rotatable bonds is 6. The topological polar surface area (TPSA) is 87.9 Å². The van der Waals surface area contributed by atoms with Crippen molar-refractivity contribution in [2.45, 2.75) is 6.61 Å². The minimum absolute atomic E-state index is 0.0156. The molecule has 0 atom stereocenters. The average molecular weight is 335 g/mol. The number of halogens is 1. The van der Waals surface area contributed by atoms with Gasteiger partial charge in [-0.2, -0.15) is 0 Å². The van der Waals surface area contributed by atoms with Crippen LogP contribution in [0.2, 0.25) is 0 Å². The van der Waals surface area contributed by atoms with Gasteiger partial charge in [-0.1, -0.05) is 6.07 Å². The van der Waals surface area contributed by atoms with E-state index >= 15 is 0 Å². The first-order valence-corrected chi connectivity index (χ1v) is 6.78. The van der Waals surface area contributed by atoms with Gasteiger partial charge >= 0.3 is 5.97 Å². The van der Waals surface area contributed by atoms with Gasteiger partial charge in [0.15, 0.2) is 11.5 Å². The third-order valence-corrected chi connectivity index (χ3v) is 3.22. The zero-order valence-corrected chi connectivity index (χ0v) is 12.9. The van der Waals surface area contributed by atoms with Crippen LogP contribution in [-0.4, -0.2) is 25.1 Å². The normalized spacial score (nSPS) is 10.1. The summed E-state index contributed by atoms with van der Waals surface area (Å²) in [5.41, 5.74) is 0.219. The molecule has 0 unspecified atom stereocenters. The minimum atomic E-state index is -0.709. The van der Waals surface area contributed by atoms with Crippen LogP contribution >= 0.6 is 0 Å². The lowest BCUT2D eigenvalue weighted by atomic mass is 10.1. The number of carbonyl (C=O) groups is 1.